The van der Waals surface area contributed by atoms with Crippen LogP contribution < -0.4 is 4.74 Å². The molecule has 1 saturated carbocycles. The summed E-state index contributed by atoms with van der Waals surface area (Å²) in [6.45, 7) is 1.84. The van der Waals surface area contributed by atoms with E-state index in [0.717, 1.165) is 40.7 Å². The number of likely N-dealkylation sites (tertiary alicyclic amines) is 1. The molecule has 2 aliphatic rings. The third-order valence-electron chi connectivity index (χ3n) is 4.98. The van der Waals surface area contributed by atoms with Crippen LogP contribution in [0.1, 0.15) is 42.5 Å². The van der Waals surface area contributed by atoms with Crippen LogP contribution in [0.25, 0.3) is 0 Å². The molecule has 1 heterocycles. The third-order valence-corrected chi connectivity index (χ3v) is 5.60. The second-order valence-electron chi connectivity index (χ2n) is 6.19. The van der Waals surface area contributed by atoms with Crippen LogP contribution >= 0.6 is 15.9 Å². The van der Waals surface area contributed by atoms with Crippen molar-refractivity contribution in [2.75, 3.05) is 20.2 Å². The average molecular weight is 352 g/mol. The normalized spacial score (nSPS) is 25.3. The molecule has 0 aromatic heterocycles. The first-order valence-electron chi connectivity index (χ1n) is 7.82. The van der Waals surface area contributed by atoms with E-state index in [0.29, 0.717) is 0 Å². The van der Waals surface area contributed by atoms with Crippen molar-refractivity contribution >= 4 is 21.8 Å². The first-order valence-corrected chi connectivity index (χ1v) is 8.61. The molecule has 3 rings (SSSR count). The second-order valence-corrected chi connectivity index (χ2v) is 7.05. The highest BCUT2D eigenvalue weighted by molar-refractivity contribution is 9.10. The van der Waals surface area contributed by atoms with Crippen LogP contribution in [0, 0.1) is 11.8 Å². The molecule has 0 radical (unpaired) electrons. The number of carbonyl (C=O) groups excluding carboxylic acids is 1. The molecule has 0 N–H and O–H groups in total. The van der Waals surface area contributed by atoms with Crippen molar-refractivity contribution in [1.82, 2.24) is 4.90 Å². The molecule has 2 unspecified atom stereocenters. The number of halogens is 1. The van der Waals surface area contributed by atoms with Gasteiger partial charge in [0.2, 0.25) is 0 Å². The van der Waals surface area contributed by atoms with Crippen LogP contribution in [0.3, 0.4) is 0 Å². The van der Waals surface area contributed by atoms with E-state index < -0.39 is 0 Å². The fourth-order valence-electron chi connectivity index (χ4n) is 3.77. The van der Waals surface area contributed by atoms with E-state index in [-0.39, 0.29) is 5.91 Å². The minimum atomic E-state index is 0.155. The molecule has 0 spiro atoms. The van der Waals surface area contributed by atoms with Crippen LogP contribution in [0.5, 0.6) is 5.75 Å². The summed E-state index contributed by atoms with van der Waals surface area (Å²) in [5.74, 6) is 2.49. The number of amides is 1. The van der Waals surface area contributed by atoms with Gasteiger partial charge < -0.3 is 9.64 Å². The molecule has 21 heavy (non-hydrogen) atoms. The molecule has 1 aliphatic carbocycles. The zero-order chi connectivity index (χ0) is 14.8. The zero-order valence-electron chi connectivity index (χ0n) is 12.5. The number of methoxy groups -OCH3 is 1. The smallest absolute Gasteiger partial charge is 0.253 e. The van der Waals surface area contributed by atoms with Gasteiger partial charge in [0.1, 0.15) is 5.75 Å². The summed E-state index contributed by atoms with van der Waals surface area (Å²) >= 11 is 3.46. The van der Waals surface area contributed by atoms with Gasteiger partial charge in [0, 0.05) is 18.7 Å². The highest BCUT2D eigenvalue weighted by atomic mass is 79.9. The SMILES string of the molecule is COc1ccc(C(=O)N2CCC3CCCCC3C2)cc1Br. The molecule has 4 heteroatoms. The minimum Gasteiger partial charge on any atom is -0.496 e. The van der Waals surface area contributed by atoms with Crippen LogP contribution in [0.4, 0.5) is 0 Å². The zero-order valence-corrected chi connectivity index (χ0v) is 14.1. The Morgan fingerprint density at radius 2 is 2.00 bits per heavy atom. The van der Waals surface area contributed by atoms with Crippen molar-refractivity contribution in [2.45, 2.75) is 32.1 Å². The maximum atomic E-state index is 12.7. The molecule has 1 saturated heterocycles. The highest BCUT2D eigenvalue weighted by Gasteiger charge is 2.33. The van der Waals surface area contributed by atoms with E-state index >= 15 is 0 Å². The van der Waals surface area contributed by atoms with Gasteiger partial charge in [-0.15, -0.1) is 0 Å². The maximum absolute atomic E-state index is 12.7. The van der Waals surface area contributed by atoms with E-state index in [1.807, 2.05) is 23.1 Å². The fraction of sp³-hybridized carbons (Fsp3) is 0.588. The summed E-state index contributed by atoms with van der Waals surface area (Å²) < 4.78 is 6.06. The Kier molecular flexibility index (Phi) is 4.53. The van der Waals surface area contributed by atoms with Crippen molar-refractivity contribution in [3.05, 3.63) is 28.2 Å². The number of piperidine rings is 1. The topological polar surface area (TPSA) is 29.5 Å². The lowest BCUT2D eigenvalue weighted by Gasteiger charge is -2.41. The van der Waals surface area contributed by atoms with Gasteiger partial charge in [-0.1, -0.05) is 19.3 Å². The Hall–Kier alpha value is -1.03. The summed E-state index contributed by atoms with van der Waals surface area (Å²) in [6, 6.07) is 5.58. The predicted octanol–water partition coefficient (Wildman–Crippen LogP) is 4.11. The number of ether oxygens (including phenoxy) is 1. The molecule has 1 aromatic rings. The quantitative estimate of drug-likeness (QED) is 0.802. The summed E-state index contributed by atoms with van der Waals surface area (Å²) in [4.78, 5) is 14.7. The van der Waals surface area contributed by atoms with Crippen molar-refractivity contribution in [2.24, 2.45) is 11.8 Å². The Bertz CT molecular complexity index is 532. The van der Waals surface area contributed by atoms with E-state index in [1.54, 1.807) is 7.11 Å². The molecule has 2 fully saturated rings. The summed E-state index contributed by atoms with van der Waals surface area (Å²) in [6.07, 6.45) is 6.53. The van der Waals surface area contributed by atoms with Crippen LogP contribution in [0.2, 0.25) is 0 Å². The van der Waals surface area contributed by atoms with E-state index in [4.69, 9.17) is 4.74 Å². The maximum Gasteiger partial charge on any atom is 0.253 e. The third kappa shape index (κ3) is 3.10. The Morgan fingerprint density at radius 3 is 2.71 bits per heavy atom. The highest BCUT2D eigenvalue weighted by Crippen LogP contribution is 2.36. The van der Waals surface area contributed by atoms with Gasteiger partial charge in [0.15, 0.2) is 0 Å². The minimum absolute atomic E-state index is 0.155. The van der Waals surface area contributed by atoms with Gasteiger partial charge in [0.25, 0.3) is 5.91 Å². The molecule has 1 amide bonds. The molecular formula is C17H22BrNO2. The number of nitrogens with zero attached hydrogens (tertiary/aromatic N) is 1. The van der Waals surface area contributed by atoms with Gasteiger partial charge >= 0.3 is 0 Å². The monoisotopic (exact) mass is 351 g/mol. The molecule has 114 valence electrons. The number of hydrogen-bond acceptors (Lipinski definition) is 2. The van der Waals surface area contributed by atoms with Crippen molar-refractivity contribution in [3.63, 3.8) is 0 Å². The van der Waals surface area contributed by atoms with E-state index in [1.165, 1.54) is 32.1 Å². The number of fused-ring (bicyclic) bond motifs is 1. The average Bonchev–Trinajstić information content (AvgIpc) is 2.53. The van der Waals surface area contributed by atoms with Crippen molar-refractivity contribution in [3.8, 4) is 5.75 Å². The van der Waals surface area contributed by atoms with Gasteiger partial charge in [0.05, 0.1) is 11.6 Å². The molecule has 0 bridgehead atoms. The second kappa shape index (κ2) is 6.39. The standard InChI is InChI=1S/C17H22BrNO2/c1-21-16-7-6-13(10-15(16)18)17(20)19-9-8-12-4-2-3-5-14(12)11-19/h6-7,10,12,14H,2-5,8-9,11H2,1H3. The van der Waals surface area contributed by atoms with Crippen LogP contribution in [-0.4, -0.2) is 31.0 Å². The first-order chi connectivity index (χ1) is 10.2. The summed E-state index contributed by atoms with van der Waals surface area (Å²) in [7, 11) is 1.63. The van der Waals surface area contributed by atoms with Crippen molar-refractivity contribution in [1.29, 1.82) is 0 Å². The number of carbonyl (C=O) groups is 1. The summed E-state index contributed by atoms with van der Waals surface area (Å²) in [5.41, 5.74) is 0.747. The van der Waals surface area contributed by atoms with Gasteiger partial charge in [-0.05, 0) is 58.8 Å². The van der Waals surface area contributed by atoms with E-state index in [2.05, 4.69) is 15.9 Å². The lowest BCUT2D eigenvalue weighted by atomic mass is 9.75. The number of benzene rings is 1. The first kappa shape index (κ1) is 14.9. The largest absolute Gasteiger partial charge is 0.496 e. The molecule has 1 aromatic carbocycles. The van der Waals surface area contributed by atoms with Gasteiger partial charge in [-0.2, -0.15) is 0 Å². The van der Waals surface area contributed by atoms with E-state index in [9.17, 15) is 4.79 Å². The lowest BCUT2D eigenvalue weighted by molar-refractivity contribution is 0.0521. The molecule has 2 atom stereocenters. The van der Waals surface area contributed by atoms with Crippen LogP contribution in [0.15, 0.2) is 22.7 Å². The predicted molar refractivity (Wildman–Crippen MR) is 86.7 cm³/mol. The Morgan fingerprint density at radius 1 is 1.24 bits per heavy atom. The van der Waals surface area contributed by atoms with Crippen LogP contribution in [-0.2, 0) is 0 Å². The van der Waals surface area contributed by atoms with Gasteiger partial charge in [-0.3, -0.25) is 4.79 Å². The van der Waals surface area contributed by atoms with Crippen molar-refractivity contribution < 1.29 is 9.53 Å². The molecule has 3 nitrogen and oxygen atoms in total. The molecule has 1 aliphatic heterocycles. The fourth-order valence-corrected chi connectivity index (χ4v) is 4.31. The molecular weight excluding hydrogens is 330 g/mol. The van der Waals surface area contributed by atoms with Gasteiger partial charge in [-0.25, -0.2) is 0 Å². The lowest BCUT2D eigenvalue weighted by Crippen LogP contribution is -2.44. The Balaban J connectivity index is 1.71. The number of hydrogen-bond donors (Lipinski definition) is 0. The summed E-state index contributed by atoms with van der Waals surface area (Å²) in [5, 5.41) is 0. The number of rotatable bonds is 2. The Labute approximate surface area is 134 Å².